The maximum atomic E-state index is 12.5. The topological polar surface area (TPSA) is 62.8 Å². The molecule has 0 unspecified atom stereocenters. The van der Waals surface area contributed by atoms with Gasteiger partial charge in [0.25, 0.3) is 5.56 Å². The van der Waals surface area contributed by atoms with Gasteiger partial charge in [0.1, 0.15) is 10.7 Å². The van der Waals surface area contributed by atoms with Gasteiger partial charge in [0.15, 0.2) is 5.78 Å². The molecule has 106 valence electrons. The van der Waals surface area contributed by atoms with Gasteiger partial charge >= 0.3 is 0 Å². The molecule has 1 N–H and O–H groups in total. The van der Waals surface area contributed by atoms with E-state index in [2.05, 4.69) is 9.97 Å². The van der Waals surface area contributed by atoms with Gasteiger partial charge in [0.05, 0.1) is 10.3 Å². The van der Waals surface area contributed by atoms with Crippen LogP contribution in [0.15, 0.2) is 35.1 Å². The van der Waals surface area contributed by atoms with Gasteiger partial charge in [0.2, 0.25) is 0 Å². The van der Waals surface area contributed by atoms with Gasteiger partial charge in [-0.1, -0.05) is 30.3 Å². The van der Waals surface area contributed by atoms with Crippen LogP contribution in [-0.2, 0) is 6.42 Å². The Balaban J connectivity index is 2.05. The molecule has 21 heavy (non-hydrogen) atoms. The first-order chi connectivity index (χ1) is 10.1. The van der Waals surface area contributed by atoms with E-state index in [1.807, 2.05) is 37.3 Å². The summed E-state index contributed by atoms with van der Waals surface area (Å²) in [5.74, 6) is 0.592. The third-order valence-corrected chi connectivity index (χ3v) is 4.61. The Morgan fingerprint density at radius 2 is 1.95 bits per heavy atom. The molecular weight excluding hydrogens is 284 g/mol. The number of aromatic nitrogens is 2. The average molecular weight is 298 g/mol. The van der Waals surface area contributed by atoms with Gasteiger partial charge in [-0.25, -0.2) is 4.98 Å². The summed E-state index contributed by atoms with van der Waals surface area (Å²) in [6.45, 7) is 3.55. The largest absolute Gasteiger partial charge is 0.310 e. The van der Waals surface area contributed by atoms with E-state index in [1.54, 1.807) is 6.92 Å². The number of hydrogen-bond donors (Lipinski definition) is 1. The first-order valence-corrected chi connectivity index (χ1v) is 7.45. The number of H-pyrrole nitrogens is 1. The number of nitrogens with one attached hydrogen (secondary N) is 1. The molecule has 0 amide bonds. The van der Waals surface area contributed by atoms with Crippen molar-refractivity contribution in [3.63, 3.8) is 0 Å². The number of carbonyl (C=O) groups is 1. The minimum absolute atomic E-state index is 0.0266. The van der Waals surface area contributed by atoms with Crippen molar-refractivity contribution < 1.29 is 4.79 Å². The third-order valence-electron chi connectivity index (χ3n) is 3.38. The molecule has 0 saturated heterocycles. The maximum absolute atomic E-state index is 12.5. The normalized spacial score (nSPS) is 11.0. The van der Waals surface area contributed by atoms with Crippen LogP contribution in [-0.4, -0.2) is 15.8 Å². The Morgan fingerprint density at radius 3 is 2.67 bits per heavy atom. The van der Waals surface area contributed by atoms with Crippen molar-refractivity contribution in [1.82, 2.24) is 9.97 Å². The number of aryl methyl sites for hydroxylation is 2. The molecule has 2 heterocycles. The van der Waals surface area contributed by atoms with Crippen LogP contribution in [0, 0.1) is 13.8 Å². The zero-order valence-corrected chi connectivity index (χ0v) is 12.6. The molecule has 0 bridgehead atoms. The molecule has 3 rings (SSSR count). The second-order valence-corrected chi connectivity index (χ2v) is 5.97. The molecule has 0 aliphatic carbocycles. The summed E-state index contributed by atoms with van der Waals surface area (Å²) in [5.41, 5.74) is 1.52. The predicted octanol–water partition coefficient (Wildman–Crippen LogP) is 3.03. The van der Waals surface area contributed by atoms with Crippen LogP contribution in [0.25, 0.3) is 10.2 Å². The van der Waals surface area contributed by atoms with Crippen LogP contribution >= 0.6 is 11.3 Å². The van der Waals surface area contributed by atoms with Gasteiger partial charge in [-0.05, 0) is 25.0 Å². The first-order valence-electron chi connectivity index (χ1n) is 6.63. The van der Waals surface area contributed by atoms with Crippen LogP contribution in [0.3, 0.4) is 0 Å². The molecule has 5 heteroatoms. The monoisotopic (exact) mass is 298 g/mol. The van der Waals surface area contributed by atoms with E-state index in [1.165, 1.54) is 11.3 Å². The summed E-state index contributed by atoms with van der Waals surface area (Å²) in [7, 11) is 0. The van der Waals surface area contributed by atoms with Crippen molar-refractivity contribution >= 4 is 27.3 Å². The third kappa shape index (κ3) is 2.52. The summed E-state index contributed by atoms with van der Waals surface area (Å²) < 4.78 is 0. The molecule has 3 aromatic rings. The molecule has 0 spiro atoms. The van der Waals surface area contributed by atoms with Crippen LogP contribution in [0.2, 0.25) is 0 Å². The lowest BCUT2D eigenvalue weighted by Gasteiger charge is -2.00. The van der Waals surface area contributed by atoms with Crippen molar-refractivity contribution in [3.05, 3.63) is 62.5 Å². The second-order valence-electron chi connectivity index (χ2n) is 4.97. The molecule has 0 radical (unpaired) electrons. The smallest absolute Gasteiger partial charge is 0.259 e. The molecule has 4 nitrogen and oxygen atoms in total. The van der Waals surface area contributed by atoms with E-state index in [4.69, 9.17) is 0 Å². The summed E-state index contributed by atoms with van der Waals surface area (Å²) in [6, 6.07) is 9.60. The molecule has 0 atom stereocenters. The molecule has 0 aliphatic heterocycles. The van der Waals surface area contributed by atoms with Crippen LogP contribution in [0.1, 0.15) is 26.6 Å². The SMILES string of the molecule is Cc1nc2sc(C(=O)Cc3ccccc3)c(C)c2c(=O)[nH]1. The van der Waals surface area contributed by atoms with E-state index < -0.39 is 0 Å². The van der Waals surface area contributed by atoms with Crippen molar-refractivity contribution in [1.29, 1.82) is 0 Å². The summed E-state index contributed by atoms with van der Waals surface area (Å²) >= 11 is 1.30. The number of rotatable bonds is 3. The maximum Gasteiger partial charge on any atom is 0.259 e. The number of ketones is 1. The highest BCUT2D eigenvalue weighted by Gasteiger charge is 2.18. The Kier molecular flexibility index (Phi) is 3.43. The highest BCUT2D eigenvalue weighted by Crippen LogP contribution is 2.28. The fourth-order valence-corrected chi connectivity index (χ4v) is 3.54. The number of Topliss-reactive ketones (excluding diaryl/α,β-unsaturated/α-hetero) is 1. The predicted molar refractivity (Wildman–Crippen MR) is 84.2 cm³/mol. The number of nitrogens with zero attached hydrogens (tertiary/aromatic N) is 1. The number of carbonyl (C=O) groups excluding carboxylic acids is 1. The van der Waals surface area contributed by atoms with Crippen molar-refractivity contribution in [2.24, 2.45) is 0 Å². The van der Waals surface area contributed by atoms with E-state index in [9.17, 15) is 9.59 Å². The van der Waals surface area contributed by atoms with Crippen LogP contribution in [0.5, 0.6) is 0 Å². The number of benzene rings is 1. The van der Waals surface area contributed by atoms with Crippen molar-refractivity contribution in [3.8, 4) is 0 Å². The quantitative estimate of drug-likeness (QED) is 0.756. The molecule has 0 aliphatic rings. The van der Waals surface area contributed by atoms with Gasteiger partial charge < -0.3 is 4.98 Å². The number of aromatic amines is 1. The highest BCUT2D eigenvalue weighted by molar-refractivity contribution is 7.20. The summed E-state index contributed by atoms with van der Waals surface area (Å²) in [6.07, 6.45) is 0.339. The second kappa shape index (κ2) is 5.26. The lowest BCUT2D eigenvalue weighted by atomic mass is 10.1. The van der Waals surface area contributed by atoms with Crippen molar-refractivity contribution in [2.75, 3.05) is 0 Å². The van der Waals surface area contributed by atoms with E-state index in [-0.39, 0.29) is 11.3 Å². The Hall–Kier alpha value is -2.27. The Bertz CT molecular complexity index is 878. The lowest BCUT2D eigenvalue weighted by Crippen LogP contribution is -2.09. The number of fused-ring (bicyclic) bond motifs is 1. The van der Waals surface area contributed by atoms with Gasteiger partial charge in [0, 0.05) is 6.42 Å². The van der Waals surface area contributed by atoms with Crippen LogP contribution < -0.4 is 5.56 Å². The van der Waals surface area contributed by atoms with E-state index in [0.29, 0.717) is 27.3 Å². The molecule has 0 fully saturated rings. The van der Waals surface area contributed by atoms with Crippen LogP contribution in [0.4, 0.5) is 0 Å². The standard InChI is InChI=1S/C16H14N2O2S/c1-9-13-15(20)17-10(2)18-16(13)21-14(9)12(19)8-11-6-4-3-5-7-11/h3-7H,8H2,1-2H3,(H,17,18,20). The minimum Gasteiger partial charge on any atom is -0.310 e. The average Bonchev–Trinajstić information content (AvgIpc) is 2.77. The lowest BCUT2D eigenvalue weighted by molar-refractivity contribution is 0.0996. The number of hydrogen-bond acceptors (Lipinski definition) is 4. The first kappa shape index (κ1) is 13.7. The number of thiophene rings is 1. The molecule has 0 saturated carbocycles. The zero-order valence-electron chi connectivity index (χ0n) is 11.8. The Morgan fingerprint density at radius 1 is 1.24 bits per heavy atom. The fourth-order valence-electron chi connectivity index (χ4n) is 2.38. The molecule has 2 aromatic heterocycles. The fraction of sp³-hybridized carbons (Fsp3) is 0.188. The zero-order chi connectivity index (χ0) is 15.0. The van der Waals surface area contributed by atoms with Gasteiger partial charge in [-0.2, -0.15) is 0 Å². The molecule has 1 aromatic carbocycles. The van der Waals surface area contributed by atoms with Gasteiger partial charge in [-0.3, -0.25) is 9.59 Å². The summed E-state index contributed by atoms with van der Waals surface area (Å²) in [5, 5.41) is 0.530. The minimum atomic E-state index is -0.176. The summed E-state index contributed by atoms with van der Waals surface area (Å²) in [4.78, 5) is 32.7. The Labute approximate surface area is 125 Å². The molecular formula is C16H14N2O2S. The van der Waals surface area contributed by atoms with Crippen molar-refractivity contribution in [2.45, 2.75) is 20.3 Å². The van der Waals surface area contributed by atoms with E-state index in [0.717, 1.165) is 11.1 Å². The van der Waals surface area contributed by atoms with E-state index >= 15 is 0 Å². The highest BCUT2D eigenvalue weighted by atomic mass is 32.1. The van der Waals surface area contributed by atoms with Gasteiger partial charge in [-0.15, -0.1) is 11.3 Å².